The summed E-state index contributed by atoms with van der Waals surface area (Å²) in [6.45, 7) is 0.667. The zero-order valence-electron chi connectivity index (χ0n) is 12.3. The SMILES string of the molecule is O=C(NCC1(c2ccsc2)CCCC1)Nc1ccccc1Cl. The minimum absolute atomic E-state index is 0.0951. The largest absolute Gasteiger partial charge is 0.337 e. The van der Waals surface area contributed by atoms with Gasteiger partial charge >= 0.3 is 6.03 Å². The number of rotatable bonds is 4. The van der Waals surface area contributed by atoms with E-state index in [2.05, 4.69) is 27.5 Å². The number of carbonyl (C=O) groups excluding carboxylic acids is 1. The van der Waals surface area contributed by atoms with Gasteiger partial charge in [-0.3, -0.25) is 0 Å². The number of hydrogen-bond donors (Lipinski definition) is 2. The molecule has 22 heavy (non-hydrogen) atoms. The van der Waals surface area contributed by atoms with Crippen molar-refractivity contribution in [3.8, 4) is 0 Å². The van der Waals surface area contributed by atoms with E-state index in [1.165, 1.54) is 18.4 Å². The Morgan fingerprint density at radius 1 is 1.23 bits per heavy atom. The van der Waals surface area contributed by atoms with Crippen LogP contribution in [-0.2, 0) is 5.41 Å². The van der Waals surface area contributed by atoms with Crippen molar-refractivity contribution in [1.29, 1.82) is 0 Å². The molecule has 1 aliphatic carbocycles. The van der Waals surface area contributed by atoms with Crippen molar-refractivity contribution in [3.63, 3.8) is 0 Å². The summed E-state index contributed by atoms with van der Waals surface area (Å²) in [6, 6.07) is 9.24. The molecular formula is C17H19ClN2OS. The first-order valence-electron chi connectivity index (χ1n) is 7.52. The second kappa shape index (κ2) is 6.71. The predicted molar refractivity (Wildman–Crippen MR) is 92.9 cm³/mol. The van der Waals surface area contributed by atoms with Gasteiger partial charge in [0, 0.05) is 12.0 Å². The number of halogens is 1. The third-order valence-corrected chi connectivity index (χ3v) is 5.42. The molecule has 0 unspecified atom stereocenters. The van der Waals surface area contributed by atoms with Crippen LogP contribution >= 0.6 is 22.9 Å². The lowest BCUT2D eigenvalue weighted by Crippen LogP contribution is -2.40. The summed E-state index contributed by atoms with van der Waals surface area (Å²) in [5.41, 5.74) is 2.09. The molecule has 0 spiro atoms. The fourth-order valence-corrected chi connectivity index (χ4v) is 4.13. The van der Waals surface area contributed by atoms with Gasteiger partial charge in [-0.15, -0.1) is 0 Å². The normalized spacial score (nSPS) is 16.4. The maximum Gasteiger partial charge on any atom is 0.319 e. The van der Waals surface area contributed by atoms with Gasteiger partial charge in [0.05, 0.1) is 10.7 Å². The van der Waals surface area contributed by atoms with E-state index in [9.17, 15) is 4.79 Å². The number of amides is 2. The third-order valence-electron chi connectivity index (χ3n) is 4.40. The molecule has 1 heterocycles. The van der Waals surface area contributed by atoms with Crippen LogP contribution in [-0.4, -0.2) is 12.6 Å². The summed E-state index contributed by atoms with van der Waals surface area (Å²) >= 11 is 7.78. The Bertz CT molecular complexity index is 636. The highest BCUT2D eigenvalue weighted by atomic mass is 35.5. The van der Waals surface area contributed by atoms with Crippen molar-refractivity contribution in [3.05, 3.63) is 51.7 Å². The minimum Gasteiger partial charge on any atom is -0.337 e. The van der Waals surface area contributed by atoms with Crippen molar-refractivity contribution in [2.24, 2.45) is 0 Å². The summed E-state index contributed by atoms with van der Waals surface area (Å²) in [6.07, 6.45) is 4.72. The maximum absolute atomic E-state index is 12.2. The van der Waals surface area contributed by atoms with Crippen molar-refractivity contribution >= 4 is 34.7 Å². The van der Waals surface area contributed by atoms with E-state index < -0.39 is 0 Å². The lowest BCUT2D eigenvalue weighted by atomic mass is 9.80. The Morgan fingerprint density at radius 2 is 2.00 bits per heavy atom. The molecule has 3 nitrogen and oxygen atoms in total. The molecule has 0 saturated heterocycles. The molecular weight excluding hydrogens is 316 g/mol. The van der Waals surface area contributed by atoms with Gasteiger partial charge in [0.1, 0.15) is 0 Å². The third kappa shape index (κ3) is 3.28. The molecule has 1 saturated carbocycles. The van der Waals surface area contributed by atoms with Crippen molar-refractivity contribution < 1.29 is 4.79 Å². The predicted octanol–water partition coefficient (Wildman–Crippen LogP) is 5.04. The van der Waals surface area contributed by atoms with E-state index in [0.717, 1.165) is 12.8 Å². The van der Waals surface area contributed by atoms with Gasteiger partial charge < -0.3 is 10.6 Å². The van der Waals surface area contributed by atoms with Crippen LogP contribution in [0.1, 0.15) is 31.2 Å². The molecule has 1 aliphatic rings. The fourth-order valence-electron chi connectivity index (χ4n) is 3.16. The average molecular weight is 335 g/mol. The second-order valence-corrected chi connectivity index (χ2v) is 6.97. The molecule has 1 fully saturated rings. The summed E-state index contributed by atoms with van der Waals surface area (Å²) < 4.78 is 0. The molecule has 0 radical (unpaired) electrons. The number of nitrogens with one attached hydrogen (secondary N) is 2. The summed E-state index contributed by atoms with van der Waals surface area (Å²) in [4.78, 5) is 12.2. The molecule has 2 amide bonds. The van der Waals surface area contributed by atoms with Gasteiger partial charge in [0.25, 0.3) is 0 Å². The molecule has 0 bridgehead atoms. The number of benzene rings is 1. The number of para-hydroxylation sites is 1. The van der Waals surface area contributed by atoms with Gasteiger partial charge in [0.15, 0.2) is 0 Å². The first-order valence-corrected chi connectivity index (χ1v) is 8.84. The average Bonchev–Trinajstić information content (AvgIpc) is 3.19. The molecule has 116 valence electrons. The lowest BCUT2D eigenvalue weighted by molar-refractivity contribution is 0.248. The first kappa shape index (κ1) is 15.4. The van der Waals surface area contributed by atoms with Crippen LogP contribution < -0.4 is 10.6 Å². The standard InChI is InChI=1S/C17H19ClN2OS/c18-14-5-1-2-6-15(14)20-16(21)19-12-17(8-3-4-9-17)13-7-10-22-11-13/h1-2,5-7,10-11H,3-4,8-9,12H2,(H2,19,20,21). The van der Waals surface area contributed by atoms with E-state index in [1.54, 1.807) is 23.5 Å². The number of hydrogen-bond acceptors (Lipinski definition) is 2. The van der Waals surface area contributed by atoms with Crippen molar-refractivity contribution in [2.75, 3.05) is 11.9 Å². The van der Waals surface area contributed by atoms with Gasteiger partial charge in [-0.2, -0.15) is 11.3 Å². The number of thiophene rings is 1. The zero-order chi connectivity index (χ0) is 15.4. The quantitative estimate of drug-likeness (QED) is 0.808. The van der Waals surface area contributed by atoms with E-state index in [0.29, 0.717) is 17.3 Å². The molecule has 2 N–H and O–H groups in total. The van der Waals surface area contributed by atoms with Gasteiger partial charge in [0.2, 0.25) is 0 Å². The number of urea groups is 1. The maximum atomic E-state index is 12.2. The van der Waals surface area contributed by atoms with Crippen molar-refractivity contribution in [2.45, 2.75) is 31.1 Å². The van der Waals surface area contributed by atoms with Gasteiger partial charge in [-0.1, -0.05) is 36.6 Å². The van der Waals surface area contributed by atoms with Crippen molar-refractivity contribution in [1.82, 2.24) is 5.32 Å². The number of anilines is 1. The summed E-state index contributed by atoms with van der Waals surface area (Å²) in [5, 5.41) is 10.7. The van der Waals surface area contributed by atoms with Crippen LogP contribution in [0.4, 0.5) is 10.5 Å². The van der Waals surface area contributed by atoms with E-state index >= 15 is 0 Å². The van der Waals surface area contributed by atoms with Crippen LogP contribution in [0.25, 0.3) is 0 Å². The monoisotopic (exact) mass is 334 g/mol. The van der Waals surface area contributed by atoms with E-state index in [4.69, 9.17) is 11.6 Å². The van der Waals surface area contributed by atoms with E-state index in [1.807, 2.05) is 12.1 Å². The highest BCUT2D eigenvalue weighted by Crippen LogP contribution is 2.41. The first-order chi connectivity index (χ1) is 10.7. The minimum atomic E-state index is -0.199. The Kier molecular flexibility index (Phi) is 4.69. The summed E-state index contributed by atoms with van der Waals surface area (Å²) in [5.74, 6) is 0. The zero-order valence-corrected chi connectivity index (χ0v) is 13.8. The highest BCUT2D eigenvalue weighted by Gasteiger charge is 2.36. The Labute approximate surface area is 139 Å². The molecule has 0 atom stereocenters. The molecule has 1 aromatic carbocycles. The van der Waals surface area contributed by atoms with Crippen LogP contribution in [0.15, 0.2) is 41.1 Å². The lowest BCUT2D eigenvalue weighted by Gasteiger charge is -2.28. The van der Waals surface area contributed by atoms with Crippen LogP contribution in [0.2, 0.25) is 5.02 Å². The molecule has 3 rings (SSSR count). The van der Waals surface area contributed by atoms with Gasteiger partial charge in [-0.25, -0.2) is 4.79 Å². The van der Waals surface area contributed by atoms with Crippen LogP contribution in [0.5, 0.6) is 0 Å². The fraction of sp³-hybridized carbons (Fsp3) is 0.353. The second-order valence-electron chi connectivity index (χ2n) is 5.79. The summed E-state index contributed by atoms with van der Waals surface area (Å²) in [7, 11) is 0. The topological polar surface area (TPSA) is 41.1 Å². The van der Waals surface area contributed by atoms with Crippen LogP contribution in [0.3, 0.4) is 0 Å². The molecule has 1 aromatic heterocycles. The Balaban J connectivity index is 1.63. The molecule has 2 aromatic rings. The Morgan fingerprint density at radius 3 is 2.68 bits per heavy atom. The smallest absolute Gasteiger partial charge is 0.319 e. The highest BCUT2D eigenvalue weighted by molar-refractivity contribution is 7.08. The van der Waals surface area contributed by atoms with E-state index in [-0.39, 0.29) is 11.4 Å². The number of carbonyl (C=O) groups is 1. The molecule has 5 heteroatoms. The Hall–Kier alpha value is -1.52. The van der Waals surface area contributed by atoms with Crippen LogP contribution in [0, 0.1) is 0 Å². The molecule has 0 aliphatic heterocycles. The van der Waals surface area contributed by atoms with Gasteiger partial charge in [-0.05, 0) is 47.4 Å².